The highest BCUT2D eigenvalue weighted by Gasteiger charge is 2.39. The minimum atomic E-state index is -0.264. The Hall–Kier alpha value is -2.62. The number of carbonyl (C=O) groups is 2. The van der Waals surface area contributed by atoms with Gasteiger partial charge in [0.1, 0.15) is 0 Å². The average molecular weight is 334 g/mol. The van der Waals surface area contributed by atoms with Gasteiger partial charge in [0.25, 0.3) is 0 Å². The summed E-state index contributed by atoms with van der Waals surface area (Å²) in [5, 5.41) is 0. The summed E-state index contributed by atoms with van der Waals surface area (Å²) in [6, 6.07) is 14.1. The molecule has 0 spiro atoms. The Kier molecular flexibility index (Phi) is 3.83. The molecule has 4 rings (SSSR count). The second-order valence-corrected chi connectivity index (χ2v) is 7.06. The van der Waals surface area contributed by atoms with Crippen LogP contribution in [0.25, 0.3) is 0 Å². The van der Waals surface area contributed by atoms with E-state index in [1.165, 1.54) is 11.1 Å². The number of carbonyl (C=O) groups excluding carboxylic acids is 2. The van der Waals surface area contributed by atoms with Gasteiger partial charge in [-0.2, -0.15) is 0 Å². The summed E-state index contributed by atoms with van der Waals surface area (Å²) < 4.78 is 0. The molecular weight excluding hydrogens is 312 g/mol. The second kappa shape index (κ2) is 6.03. The lowest BCUT2D eigenvalue weighted by Gasteiger charge is -2.22. The number of aryl methyl sites for hydroxylation is 2. The zero-order valence-corrected chi connectivity index (χ0v) is 14.7. The lowest BCUT2D eigenvalue weighted by Crippen LogP contribution is -2.36. The summed E-state index contributed by atoms with van der Waals surface area (Å²) in [7, 11) is 0. The van der Waals surface area contributed by atoms with Crippen LogP contribution in [0.4, 0.5) is 11.4 Å². The van der Waals surface area contributed by atoms with E-state index < -0.39 is 0 Å². The van der Waals surface area contributed by atoms with Crippen LogP contribution in [0.15, 0.2) is 42.5 Å². The normalized spacial score (nSPS) is 19.4. The molecule has 0 saturated carbocycles. The average Bonchev–Trinajstić information content (AvgIpc) is 3.18. The van der Waals surface area contributed by atoms with Crippen LogP contribution in [0, 0.1) is 19.8 Å². The van der Waals surface area contributed by atoms with Crippen molar-refractivity contribution in [3.05, 3.63) is 59.2 Å². The monoisotopic (exact) mass is 334 g/mol. The lowest BCUT2D eigenvalue weighted by molar-refractivity contribution is -0.124. The van der Waals surface area contributed by atoms with Crippen LogP contribution in [0.5, 0.6) is 0 Å². The van der Waals surface area contributed by atoms with E-state index >= 15 is 0 Å². The fourth-order valence-electron chi connectivity index (χ4n) is 4.00. The maximum atomic E-state index is 13.0. The van der Waals surface area contributed by atoms with Crippen molar-refractivity contribution < 1.29 is 9.59 Å². The first-order valence-corrected chi connectivity index (χ1v) is 8.81. The zero-order valence-electron chi connectivity index (χ0n) is 14.7. The number of benzene rings is 2. The molecule has 2 amide bonds. The highest BCUT2D eigenvalue weighted by Crippen LogP contribution is 2.33. The van der Waals surface area contributed by atoms with Gasteiger partial charge in [-0.25, -0.2) is 0 Å². The van der Waals surface area contributed by atoms with E-state index in [1.807, 2.05) is 49.1 Å². The first kappa shape index (κ1) is 15.9. The number of anilines is 2. The molecule has 1 atom stereocenters. The van der Waals surface area contributed by atoms with Gasteiger partial charge >= 0.3 is 0 Å². The van der Waals surface area contributed by atoms with Gasteiger partial charge in [0.15, 0.2) is 0 Å². The van der Waals surface area contributed by atoms with Crippen molar-refractivity contribution in [1.82, 2.24) is 0 Å². The number of fused-ring (bicyclic) bond motifs is 1. The third-order valence-corrected chi connectivity index (χ3v) is 5.27. The Balaban J connectivity index is 1.55. The van der Waals surface area contributed by atoms with Gasteiger partial charge in [0.05, 0.1) is 5.92 Å². The quantitative estimate of drug-likeness (QED) is 0.846. The van der Waals surface area contributed by atoms with Crippen LogP contribution in [0.2, 0.25) is 0 Å². The number of hydrogen-bond acceptors (Lipinski definition) is 2. The van der Waals surface area contributed by atoms with Crippen molar-refractivity contribution in [1.29, 1.82) is 0 Å². The lowest BCUT2D eigenvalue weighted by atomic mass is 10.1. The van der Waals surface area contributed by atoms with E-state index in [-0.39, 0.29) is 17.7 Å². The molecule has 25 heavy (non-hydrogen) atoms. The van der Waals surface area contributed by atoms with Crippen molar-refractivity contribution in [2.45, 2.75) is 26.7 Å². The van der Waals surface area contributed by atoms with E-state index in [2.05, 4.69) is 12.1 Å². The van der Waals surface area contributed by atoms with E-state index in [0.29, 0.717) is 19.5 Å². The van der Waals surface area contributed by atoms with Crippen LogP contribution in [-0.4, -0.2) is 24.9 Å². The molecule has 1 fully saturated rings. The molecule has 1 unspecified atom stereocenters. The molecule has 0 bridgehead atoms. The molecule has 2 aromatic rings. The minimum Gasteiger partial charge on any atom is -0.312 e. The standard InChI is InChI=1S/C21H22N2O2/c1-14-7-8-18(15(2)11-14)23-13-17(12-20(23)24)21(25)22-10-9-16-5-3-4-6-19(16)22/h3-8,11,17H,9-10,12-13H2,1-2H3. The Labute approximate surface area is 148 Å². The molecule has 0 aromatic heterocycles. The highest BCUT2D eigenvalue weighted by molar-refractivity contribution is 6.05. The molecule has 1 saturated heterocycles. The number of hydrogen-bond donors (Lipinski definition) is 0. The Bertz CT molecular complexity index is 859. The predicted octanol–water partition coefficient (Wildman–Crippen LogP) is 3.25. The molecule has 0 aliphatic carbocycles. The van der Waals surface area contributed by atoms with Gasteiger partial charge in [-0.05, 0) is 43.5 Å². The SMILES string of the molecule is Cc1ccc(N2CC(C(=O)N3CCc4ccccc43)CC2=O)c(C)c1. The zero-order chi connectivity index (χ0) is 17.6. The summed E-state index contributed by atoms with van der Waals surface area (Å²) >= 11 is 0. The van der Waals surface area contributed by atoms with Gasteiger partial charge in [-0.3, -0.25) is 9.59 Å². The van der Waals surface area contributed by atoms with Crippen LogP contribution < -0.4 is 9.80 Å². The summed E-state index contributed by atoms with van der Waals surface area (Å²) in [5.74, 6) is -0.150. The fourth-order valence-corrected chi connectivity index (χ4v) is 4.00. The van der Waals surface area contributed by atoms with Gasteiger partial charge in [0.2, 0.25) is 11.8 Å². The molecule has 0 radical (unpaired) electrons. The van der Waals surface area contributed by atoms with Crippen LogP contribution in [0.1, 0.15) is 23.1 Å². The highest BCUT2D eigenvalue weighted by atomic mass is 16.2. The number of rotatable bonds is 2. The van der Waals surface area contributed by atoms with Gasteiger partial charge in [-0.15, -0.1) is 0 Å². The summed E-state index contributed by atoms with van der Waals surface area (Å²) in [5.41, 5.74) is 5.39. The van der Waals surface area contributed by atoms with Crippen molar-refractivity contribution in [2.75, 3.05) is 22.9 Å². The number of amides is 2. The van der Waals surface area contributed by atoms with Crippen molar-refractivity contribution in [2.24, 2.45) is 5.92 Å². The summed E-state index contributed by atoms with van der Waals surface area (Å²) in [6.45, 7) is 5.24. The first-order valence-electron chi connectivity index (χ1n) is 8.81. The van der Waals surface area contributed by atoms with Crippen LogP contribution in [0.3, 0.4) is 0 Å². The Morgan fingerprint density at radius 2 is 1.88 bits per heavy atom. The first-order chi connectivity index (χ1) is 12.0. The molecule has 2 heterocycles. The molecule has 2 aliphatic rings. The topological polar surface area (TPSA) is 40.6 Å². The second-order valence-electron chi connectivity index (χ2n) is 7.06. The molecule has 128 valence electrons. The predicted molar refractivity (Wildman–Crippen MR) is 98.9 cm³/mol. The fraction of sp³-hybridized carbons (Fsp3) is 0.333. The van der Waals surface area contributed by atoms with Crippen LogP contribution >= 0.6 is 0 Å². The van der Waals surface area contributed by atoms with E-state index in [9.17, 15) is 9.59 Å². The molecule has 0 N–H and O–H groups in total. The van der Waals surface area contributed by atoms with Gasteiger partial charge in [-0.1, -0.05) is 35.9 Å². The molecule has 4 nitrogen and oxygen atoms in total. The largest absolute Gasteiger partial charge is 0.312 e. The van der Waals surface area contributed by atoms with Crippen molar-refractivity contribution in [3.8, 4) is 0 Å². The molecule has 4 heteroatoms. The van der Waals surface area contributed by atoms with Gasteiger partial charge in [0, 0.05) is 30.9 Å². The van der Waals surface area contributed by atoms with E-state index in [4.69, 9.17) is 0 Å². The number of para-hydroxylation sites is 1. The van der Waals surface area contributed by atoms with Gasteiger partial charge < -0.3 is 9.80 Å². The molecule has 2 aliphatic heterocycles. The summed E-state index contributed by atoms with van der Waals surface area (Å²) in [6.07, 6.45) is 1.19. The summed E-state index contributed by atoms with van der Waals surface area (Å²) in [4.78, 5) is 29.2. The third kappa shape index (κ3) is 2.72. The Morgan fingerprint density at radius 1 is 1.08 bits per heavy atom. The molecular formula is C21H22N2O2. The smallest absolute Gasteiger partial charge is 0.232 e. The van der Waals surface area contributed by atoms with Crippen molar-refractivity contribution in [3.63, 3.8) is 0 Å². The van der Waals surface area contributed by atoms with E-state index in [1.54, 1.807) is 4.90 Å². The minimum absolute atomic E-state index is 0.0396. The van der Waals surface area contributed by atoms with Crippen molar-refractivity contribution >= 4 is 23.2 Å². The molecule has 2 aromatic carbocycles. The Morgan fingerprint density at radius 3 is 2.68 bits per heavy atom. The maximum absolute atomic E-state index is 13.0. The maximum Gasteiger partial charge on any atom is 0.232 e. The third-order valence-electron chi connectivity index (χ3n) is 5.27. The number of nitrogens with zero attached hydrogens (tertiary/aromatic N) is 2. The van der Waals surface area contributed by atoms with Crippen LogP contribution in [-0.2, 0) is 16.0 Å². The van der Waals surface area contributed by atoms with E-state index in [0.717, 1.165) is 23.4 Å².